The van der Waals surface area contributed by atoms with Crippen molar-refractivity contribution in [3.63, 3.8) is 0 Å². The zero-order chi connectivity index (χ0) is 12.0. The Morgan fingerprint density at radius 1 is 1.31 bits per heavy atom. The maximum absolute atomic E-state index is 10.7. The van der Waals surface area contributed by atoms with E-state index in [0.29, 0.717) is 17.3 Å². The van der Waals surface area contributed by atoms with Gasteiger partial charge in [0.25, 0.3) is 0 Å². The first-order chi connectivity index (χ1) is 7.37. The second-order valence-electron chi connectivity index (χ2n) is 6.68. The third-order valence-corrected chi connectivity index (χ3v) is 5.34. The summed E-state index contributed by atoms with van der Waals surface area (Å²) in [5.41, 5.74) is 1.38. The van der Waals surface area contributed by atoms with E-state index in [1.165, 1.54) is 31.3 Å². The Hall–Kier alpha value is -0.300. The average molecular weight is 222 g/mol. The first kappa shape index (κ1) is 12.2. The normalized spacial score (nSPS) is 44.6. The summed E-state index contributed by atoms with van der Waals surface area (Å²) < 4.78 is 0. The van der Waals surface area contributed by atoms with Gasteiger partial charge in [-0.25, -0.2) is 0 Å². The van der Waals surface area contributed by atoms with Crippen LogP contribution in [0, 0.1) is 17.3 Å². The smallest absolute Gasteiger partial charge is 0.0676 e. The predicted molar refractivity (Wildman–Crippen MR) is 68.2 cm³/mol. The Morgan fingerprint density at radius 3 is 2.62 bits per heavy atom. The maximum Gasteiger partial charge on any atom is 0.0676 e. The molecule has 0 bridgehead atoms. The minimum atomic E-state index is -0.440. The fraction of sp³-hybridized carbons (Fsp3) is 0.867. The van der Waals surface area contributed by atoms with Crippen LogP contribution in [0.4, 0.5) is 0 Å². The Balaban J connectivity index is 2.21. The van der Waals surface area contributed by atoms with Crippen molar-refractivity contribution in [2.45, 2.75) is 64.9 Å². The summed E-state index contributed by atoms with van der Waals surface area (Å²) in [5.74, 6) is 0.925. The lowest BCUT2D eigenvalue weighted by molar-refractivity contribution is -0.0915. The van der Waals surface area contributed by atoms with Gasteiger partial charge in [-0.3, -0.25) is 0 Å². The summed E-state index contributed by atoms with van der Waals surface area (Å²) in [6.45, 7) is 11.0. The lowest BCUT2D eigenvalue weighted by atomic mass is 9.54. The van der Waals surface area contributed by atoms with Gasteiger partial charge in [-0.2, -0.15) is 0 Å². The van der Waals surface area contributed by atoms with Crippen molar-refractivity contribution in [2.75, 3.05) is 0 Å². The summed E-state index contributed by atoms with van der Waals surface area (Å²) in [7, 11) is 0. The van der Waals surface area contributed by atoms with Crippen molar-refractivity contribution in [1.82, 2.24) is 0 Å². The molecule has 0 amide bonds. The monoisotopic (exact) mass is 222 g/mol. The van der Waals surface area contributed by atoms with Crippen LogP contribution < -0.4 is 0 Å². The Kier molecular flexibility index (Phi) is 2.94. The van der Waals surface area contributed by atoms with Crippen LogP contribution in [0.2, 0.25) is 0 Å². The van der Waals surface area contributed by atoms with Gasteiger partial charge in [0, 0.05) is 0 Å². The summed E-state index contributed by atoms with van der Waals surface area (Å²) in [5, 5.41) is 10.7. The number of fused-ring (bicyclic) bond motifs is 1. The number of rotatable bonds is 1. The van der Waals surface area contributed by atoms with E-state index in [9.17, 15) is 5.11 Å². The summed E-state index contributed by atoms with van der Waals surface area (Å²) >= 11 is 0. The Labute approximate surface area is 99.9 Å². The molecule has 0 spiro atoms. The molecule has 3 atom stereocenters. The molecule has 0 saturated heterocycles. The SMILES string of the molecule is C=C1CCC[C@@]2(C)CCC(O)(C(C)C)CC12. The highest BCUT2D eigenvalue weighted by atomic mass is 16.3. The molecule has 0 aliphatic heterocycles. The molecule has 0 heterocycles. The fourth-order valence-corrected chi connectivity index (χ4v) is 3.73. The van der Waals surface area contributed by atoms with Gasteiger partial charge >= 0.3 is 0 Å². The quantitative estimate of drug-likeness (QED) is 0.667. The van der Waals surface area contributed by atoms with E-state index in [1.54, 1.807) is 0 Å². The van der Waals surface area contributed by atoms with E-state index in [0.717, 1.165) is 12.8 Å². The van der Waals surface area contributed by atoms with Gasteiger partial charge in [0.05, 0.1) is 5.60 Å². The highest BCUT2D eigenvalue weighted by molar-refractivity contribution is 5.14. The molecule has 0 aromatic rings. The first-order valence-corrected chi connectivity index (χ1v) is 6.77. The van der Waals surface area contributed by atoms with E-state index >= 15 is 0 Å². The largest absolute Gasteiger partial charge is 0.390 e. The molecule has 2 aliphatic rings. The van der Waals surface area contributed by atoms with E-state index in [-0.39, 0.29) is 0 Å². The molecule has 2 unspecified atom stereocenters. The van der Waals surface area contributed by atoms with Crippen molar-refractivity contribution in [3.8, 4) is 0 Å². The van der Waals surface area contributed by atoms with Gasteiger partial charge in [0.2, 0.25) is 0 Å². The van der Waals surface area contributed by atoms with Crippen LogP contribution in [0.15, 0.2) is 12.2 Å². The molecule has 0 radical (unpaired) electrons. The Morgan fingerprint density at radius 2 is 2.00 bits per heavy atom. The van der Waals surface area contributed by atoms with Gasteiger partial charge in [-0.15, -0.1) is 0 Å². The number of allylic oxidation sites excluding steroid dienone is 1. The van der Waals surface area contributed by atoms with E-state index in [1.807, 2.05) is 0 Å². The minimum Gasteiger partial charge on any atom is -0.390 e. The molecule has 0 aromatic carbocycles. The van der Waals surface area contributed by atoms with Crippen LogP contribution in [0.25, 0.3) is 0 Å². The highest BCUT2D eigenvalue weighted by Gasteiger charge is 2.48. The second kappa shape index (κ2) is 3.87. The molecule has 1 N–H and O–H groups in total. The van der Waals surface area contributed by atoms with Crippen molar-refractivity contribution in [2.24, 2.45) is 17.3 Å². The van der Waals surface area contributed by atoms with Gasteiger partial charge < -0.3 is 5.11 Å². The molecule has 2 aliphatic carbocycles. The number of aliphatic hydroxyl groups is 1. The van der Waals surface area contributed by atoms with Gasteiger partial charge in [0.15, 0.2) is 0 Å². The van der Waals surface area contributed by atoms with Crippen molar-refractivity contribution >= 4 is 0 Å². The summed E-state index contributed by atoms with van der Waals surface area (Å²) in [6.07, 6.45) is 6.89. The van der Waals surface area contributed by atoms with E-state index < -0.39 is 5.60 Å². The molecular weight excluding hydrogens is 196 g/mol. The molecule has 1 heteroatoms. The number of hydrogen-bond donors (Lipinski definition) is 1. The van der Waals surface area contributed by atoms with Crippen LogP contribution >= 0.6 is 0 Å². The van der Waals surface area contributed by atoms with Gasteiger partial charge in [-0.05, 0) is 55.8 Å². The molecule has 2 saturated carbocycles. The Bertz CT molecular complexity index is 294. The maximum atomic E-state index is 10.7. The van der Waals surface area contributed by atoms with Crippen molar-refractivity contribution in [3.05, 3.63) is 12.2 Å². The third-order valence-electron chi connectivity index (χ3n) is 5.34. The third kappa shape index (κ3) is 1.84. The van der Waals surface area contributed by atoms with Crippen LogP contribution in [-0.2, 0) is 0 Å². The van der Waals surface area contributed by atoms with Crippen molar-refractivity contribution < 1.29 is 5.11 Å². The minimum absolute atomic E-state index is 0.367. The summed E-state index contributed by atoms with van der Waals surface area (Å²) in [6, 6.07) is 0. The molecular formula is C15H26O. The van der Waals surface area contributed by atoms with E-state index in [4.69, 9.17) is 0 Å². The van der Waals surface area contributed by atoms with E-state index in [2.05, 4.69) is 27.4 Å². The molecule has 1 nitrogen and oxygen atoms in total. The van der Waals surface area contributed by atoms with Crippen LogP contribution in [-0.4, -0.2) is 10.7 Å². The predicted octanol–water partition coefficient (Wildman–Crippen LogP) is 3.92. The average Bonchev–Trinajstić information content (AvgIpc) is 2.21. The molecule has 92 valence electrons. The fourth-order valence-electron chi connectivity index (χ4n) is 3.73. The molecule has 2 fully saturated rings. The topological polar surface area (TPSA) is 20.2 Å². The van der Waals surface area contributed by atoms with Crippen molar-refractivity contribution in [1.29, 1.82) is 0 Å². The lowest BCUT2D eigenvalue weighted by Gasteiger charge is -2.52. The van der Waals surface area contributed by atoms with Gasteiger partial charge in [-0.1, -0.05) is 32.9 Å². The van der Waals surface area contributed by atoms with Crippen LogP contribution in [0.3, 0.4) is 0 Å². The second-order valence-corrected chi connectivity index (χ2v) is 6.68. The highest BCUT2D eigenvalue weighted by Crippen LogP contribution is 2.55. The lowest BCUT2D eigenvalue weighted by Crippen LogP contribution is -2.48. The summed E-state index contributed by atoms with van der Waals surface area (Å²) in [4.78, 5) is 0. The first-order valence-electron chi connectivity index (χ1n) is 6.77. The number of hydrogen-bond acceptors (Lipinski definition) is 1. The molecule has 0 aromatic heterocycles. The van der Waals surface area contributed by atoms with Crippen LogP contribution in [0.1, 0.15) is 59.3 Å². The zero-order valence-electron chi connectivity index (χ0n) is 11.1. The van der Waals surface area contributed by atoms with Gasteiger partial charge in [0.1, 0.15) is 0 Å². The molecule has 2 rings (SSSR count). The standard InChI is InChI=1S/C15H26O/c1-11(2)15(16)9-8-14(4)7-5-6-12(3)13(14)10-15/h11,13,16H,3,5-10H2,1-2,4H3/t13?,14-,15?/m0/s1. The van der Waals surface area contributed by atoms with Crippen LogP contribution in [0.5, 0.6) is 0 Å². The molecule has 16 heavy (non-hydrogen) atoms. The zero-order valence-corrected chi connectivity index (χ0v) is 11.1.